The van der Waals surface area contributed by atoms with Crippen molar-refractivity contribution in [2.24, 2.45) is 0 Å². The third kappa shape index (κ3) is 6.02. The van der Waals surface area contributed by atoms with Crippen molar-refractivity contribution in [1.29, 1.82) is 0 Å². The van der Waals surface area contributed by atoms with Crippen molar-refractivity contribution in [3.63, 3.8) is 0 Å². The molecule has 27 heavy (non-hydrogen) atoms. The van der Waals surface area contributed by atoms with Gasteiger partial charge in [0.15, 0.2) is 0 Å². The molecule has 0 saturated carbocycles. The van der Waals surface area contributed by atoms with Crippen molar-refractivity contribution in [3.8, 4) is 11.5 Å². The average Bonchev–Trinajstić information content (AvgIpc) is 2.68. The summed E-state index contributed by atoms with van der Waals surface area (Å²) in [5, 5.41) is 2.89. The number of hydrogen-bond donors (Lipinski definition) is 1. The molecule has 0 saturated heterocycles. The van der Waals surface area contributed by atoms with Gasteiger partial charge in [-0.15, -0.1) is 0 Å². The predicted molar refractivity (Wildman–Crippen MR) is 105 cm³/mol. The van der Waals surface area contributed by atoms with Crippen molar-refractivity contribution in [3.05, 3.63) is 54.1 Å². The summed E-state index contributed by atoms with van der Waals surface area (Å²) < 4.78 is 10.4. The Balaban J connectivity index is 1.84. The maximum absolute atomic E-state index is 12.1. The topological polar surface area (TPSA) is 67.9 Å². The molecule has 0 atom stereocenters. The molecular weight excluding hydrogens is 344 g/mol. The van der Waals surface area contributed by atoms with E-state index in [-0.39, 0.29) is 18.2 Å². The zero-order valence-electron chi connectivity index (χ0n) is 16.0. The van der Waals surface area contributed by atoms with Crippen LogP contribution in [0.1, 0.15) is 18.9 Å². The van der Waals surface area contributed by atoms with Crippen LogP contribution in [-0.2, 0) is 16.0 Å². The Morgan fingerprint density at radius 2 is 1.70 bits per heavy atom. The standard InChI is InChI=1S/C21H26N2O4/c1-16(24)23(19-6-4-5-7-20(19)27-3)15-13-21(25)22-14-12-17-8-10-18(26-2)11-9-17/h4-11H,12-15H2,1-3H3,(H,22,25). The first-order valence-electron chi connectivity index (χ1n) is 8.86. The third-order valence-corrected chi connectivity index (χ3v) is 4.21. The van der Waals surface area contributed by atoms with Gasteiger partial charge in [0.2, 0.25) is 11.8 Å². The molecule has 0 fully saturated rings. The molecule has 2 aromatic rings. The van der Waals surface area contributed by atoms with E-state index in [2.05, 4.69) is 5.32 Å². The van der Waals surface area contributed by atoms with Gasteiger partial charge in [0.1, 0.15) is 11.5 Å². The highest BCUT2D eigenvalue weighted by atomic mass is 16.5. The number of ether oxygens (including phenoxy) is 2. The van der Waals surface area contributed by atoms with Gasteiger partial charge in [0.05, 0.1) is 19.9 Å². The Kier molecular flexibility index (Phi) is 7.67. The number of anilines is 1. The van der Waals surface area contributed by atoms with Crippen LogP contribution in [0.25, 0.3) is 0 Å². The Hall–Kier alpha value is -3.02. The Morgan fingerprint density at radius 3 is 2.33 bits per heavy atom. The number of nitrogens with one attached hydrogen (secondary N) is 1. The molecule has 2 amide bonds. The molecule has 6 nitrogen and oxygen atoms in total. The SMILES string of the molecule is COc1ccc(CCNC(=O)CCN(C(C)=O)c2ccccc2OC)cc1. The molecule has 0 radical (unpaired) electrons. The molecule has 1 N–H and O–H groups in total. The minimum atomic E-state index is -0.134. The fourth-order valence-corrected chi connectivity index (χ4v) is 2.74. The Bertz CT molecular complexity index is 759. The fraction of sp³-hybridized carbons (Fsp3) is 0.333. The van der Waals surface area contributed by atoms with Crippen molar-refractivity contribution >= 4 is 17.5 Å². The lowest BCUT2D eigenvalue weighted by Gasteiger charge is -2.23. The molecule has 0 aliphatic rings. The number of rotatable bonds is 9. The number of amides is 2. The van der Waals surface area contributed by atoms with E-state index < -0.39 is 0 Å². The van der Waals surface area contributed by atoms with Crippen LogP contribution in [-0.4, -0.2) is 39.1 Å². The number of carbonyl (C=O) groups is 2. The smallest absolute Gasteiger partial charge is 0.223 e. The molecule has 0 aromatic heterocycles. The normalized spacial score (nSPS) is 10.2. The van der Waals surface area contributed by atoms with Crippen molar-refractivity contribution < 1.29 is 19.1 Å². The first kappa shape index (κ1) is 20.3. The Labute approximate surface area is 160 Å². The molecule has 0 bridgehead atoms. The zero-order valence-corrected chi connectivity index (χ0v) is 16.0. The van der Waals surface area contributed by atoms with Crippen LogP contribution in [0.2, 0.25) is 0 Å². The van der Waals surface area contributed by atoms with Gasteiger partial charge in [-0.2, -0.15) is 0 Å². The molecule has 0 unspecified atom stereocenters. The minimum Gasteiger partial charge on any atom is -0.497 e. The number of nitrogens with zero attached hydrogens (tertiary/aromatic N) is 1. The molecule has 2 rings (SSSR count). The minimum absolute atomic E-state index is 0.0929. The molecule has 144 valence electrons. The van der Waals surface area contributed by atoms with Gasteiger partial charge in [-0.1, -0.05) is 24.3 Å². The summed E-state index contributed by atoms with van der Waals surface area (Å²) >= 11 is 0. The number of carbonyl (C=O) groups excluding carboxylic acids is 2. The van der Waals surface area contributed by atoms with E-state index in [0.717, 1.165) is 17.7 Å². The van der Waals surface area contributed by atoms with E-state index >= 15 is 0 Å². The molecule has 6 heteroatoms. The highest BCUT2D eigenvalue weighted by molar-refractivity contribution is 5.93. The van der Waals surface area contributed by atoms with Crippen LogP contribution in [0.4, 0.5) is 5.69 Å². The first-order chi connectivity index (χ1) is 13.0. The quantitative estimate of drug-likeness (QED) is 0.737. The van der Waals surface area contributed by atoms with Crippen LogP contribution >= 0.6 is 0 Å². The van der Waals surface area contributed by atoms with Crippen LogP contribution in [0.3, 0.4) is 0 Å². The van der Waals surface area contributed by atoms with Crippen molar-refractivity contribution in [2.45, 2.75) is 19.8 Å². The number of benzene rings is 2. The van der Waals surface area contributed by atoms with Gasteiger partial charge in [-0.05, 0) is 36.2 Å². The Morgan fingerprint density at radius 1 is 1.00 bits per heavy atom. The number of para-hydroxylation sites is 2. The van der Waals surface area contributed by atoms with E-state index in [0.29, 0.717) is 24.5 Å². The van der Waals surface area contributed by atoms with Gasteiger partial charge in [-0.25, -0.2) is 0 Å². The van der Waals surface area contributed by atoms with Crippen LogP contribution in [0.5, 0.6) is 11.5 Å². The second kappa shape index (κ2) is 10.2. The van der Waals surface area contributed by atoms with Crippen LogP contribution < -0.4 is 19.7 Å². The highest BCUT2D eigenvalue weighted by Gasteiger charge is 2.16. The lowest BCUT2D eigenvalue weighted by Crippen LogP contribution is -2.34. The predicted octanol–water partition coefficient (Wildman–Crippen LogP) is 2.81. The first-order valence-corrected chi connectivity index (χ1v) is 8.86. The molecule has 0 aliphatic carbocycles. The van der Waals surface area contributed by atoms with Crippen LogP contribution in [0.15, 0.2) is 48.5 Å². The monoisotopic (exact) mass is 370 g/mol. The lowest BCUT2D eigenvalue weighted by molar-refractivity contribution is -0.121. The molecular formula is C21H26N2O4. The van der Waals surface area contributed by atoms with Gasteiger partial charge in [0, 0.05) is 26.4 Å². The molecule has 0 spiro atoms. The van der Waals surface area contributed by atoms with Gasteiger partial charge < -0.3 is 19.7 Å². The number of methoxy groups -OCH3 is 2. The molecule has 2 aromatic carbocycles. The summed E-state index contributed by atoms with van der Waals surface area (Å²) in [6, 6.07) is 15.0. The molecule has 0 aliphatic heterocycles. The maximum Gasteiger partial charge on any atom is 0.223 e. The summed E-state index contributed by atoms with van der Waals surface area (Å²) in [5.41, 5.74) is 1.79. The lowest BCUT2D eigenvalue weighted by atomic mass is 10.1. The summed E-state index contributed by atoms with van der Waals surface area (Å²) in [5.74, 6) is 1.19. The maximum atomic E-state index is 12.1. The summed E-state index contributed by atoms with van der Waals surface area (Å²) in [6.45, 7) is 2.32. The van der Waals surface area contributed by atoms with Crippen LogP contribution in [0, 0.1) is 0 Å². The second-order valence-corrected chi connectivity index (χ2v) is 6.04. The van der Waals surface area contributed by atoms with E-state index in [1.165, 1.54) is 6.92 Å². The second-order valence-electron chi connectivity index (χ2n) is 6.04. The average molecular weight is 370 g/mol. The van der Waals surface area contributed by atoms with E-state index in [1.807, 2.05) is 42.5 Å². The number of hydrogen-bond acceptors (Lipinski definition) is 4. The fourth-order valence-electron chi connectivity index (χ4n) is 2.74. The largest absolute Gasteiger partial charge is 0.497 e. The van der Waals surface area contributed by atoms with Gasteiger partial charge >= 0.3 is 0 Å². The molecule has 0 heterocycles. The summed E-state index contributed by atoms with van der Waals surface area (Å²) in [6.07, 6.45) is 0.957. The van der Waals surface area contributed by atoms with Gasteiger partial charge in [-0.3, -0.25) is 9.59 Å². The van der Waals surface area contributed by atoms with Crippen molar-refractivity contribution in [1.82, 2.24) is 5.32 Å². The van der Waals surface area contributed by atoms with E-state index in [1.54, 1.807) is 25.2 Å². The van der Waals surface area contributed by atoms with E-state index in [9.17, 15) is 9.59 Å². The van der Waals surface area contributed by atoms with Gasteiger partial charge in [0.25, 0.3) is 0 Å². The van der Waals surface area contributed by atoms with E-state index in [4.69, 9.17) is 9.47 Å². The highest BCUT2D eigenvalue weighted by Crippen LogP contribution is 2.27. The van der Waals surface area contributed by atoms with Crippen molar-refractivity contribution in [2.75, 3.05) is 32.2 Å². The summed E-state index contributed by atoms with van der Waals surface area (Å²) in [7, 11) is 3.19. The zero-order chi connectivity index (χ0) is 19.6. The summed E-state index contributed by atoms with van der Waals surface area (Å²) in [4.78, 5) is 25.7. The third-order valence-electron chi connectivity index (χ3n) is 4.21.